The van der Waals surface area contributed by atoms with E-state index in [1.807, 2.05) is 24.3 Å². The molecule has 0 aromatic heterocycles. The molecule has 0 radical (unpaired) electrons. The highest BCUT2D eigenvalue weighted by Gasteiger charge is 2.17. The molecule has 21 heavy (non-hydrogen) atoms. The van der Waals surface area contributed by atoms with Crippen LogP contribution >= 0.6 is 23.2 Å². The molecule has 1 atom stereocenters. The molecule has 0 bridgehead atoms. The summed E-state index contributed by atoms with van der Waals surface area (Å²) in [4.78, 5) is 0. The zero-order chi connectivity index (χ0) is 15.4. The van der Waals surface area contributed by atoms with Gasteiger partial charge in [0.2, 0.25) is 0 Å². The topological polar surface area (TPSA) is 35.2 Å². The lowest BCUT2D eigenvalue weighted by molar-refractivity contribution is 0.405. The molecule has 0 fully saturated rings. The summed E-state index contributed by atoms with van der Waals surface area (Å²) in [5.74, 6) is 1.01. The summed E-state index contributed by atoms with van der Waals surface area (Å²) in [6, 6.07) is 11.7. The summed E-state index contributed by atoms with van der Waals surface area (Å²) < 4.78 is 5.46. The van der Waals surface area contributed by atoms with Gasteiger partial charge in [0.25, 0.3) is 0 Å². The average Bonchev–Trinajstić information content (AvgIpc) is 2.46. The van der Waals surface area contributed by atoms with Crippen molar-refractivity contribution in [2.75, 3.05) is 13.7 Å². The first kappa shape index (κ1) is 16.2. The molecule has 112 valence electrons. The first-order chi connectivity index (χ1) is 10.0. The molecule has 0 aliphatic rings. The number of hydrogen-bond acceptors (Lipinski definition) is 2. The van der Waals surface area contributed by atoms with Gasteiger partial charge in [-0.2, -0.15) is 0 Å². The predicted molar refractivity (Wildman–Crippen MR) is 89.7 cm³/mol. The fraction of sp³-hybridized carbons (Fsp3) is 0.294. The maximum absolute atomic E-state index is 6.27. The van der Waals surface area contributed by atoms with E-state index in [1.165, 1.54) is 5.56 Å². The minimum Gasteiger partial charge on any atom is -0.496 e. The highest BCUT2D eigenvalue weighted by molar-refractivity contribution is 6.35. The van der Waals surface area contributed by atoms with Gasteiger partial charge in [0.05, 0.1) is 7.11 Å². The average molecular weight is 324 g/mol. The van der Waals surface area contributed by atoms with E-state index in [2.05, 4.69) is 13.0 Å². The van der Waals surface area contributed by atoms with Gasteiger partial charge in [0.15, 0.2) is 0 Å². The lowest BCUT2D eigenvalue weighted by Gasteiger charge is -2.19. The summed E-state index contributed by atoms with van der Waals surface area (Å²) in [5.41, 5.74) is 9.33. The van der Waals surface area contributed by atoms with Gasteiger partial charge in [0.1, 0.15) is 5.75 Å². The first-order valence-corrected chi connectivity index (χ1v) is 7.59. The minimum absolute atomic E-state index is 0.151. The molecule has 2 aromatic carbocycles. The van der Waals surface area contributed by atoms with Crippen molar-refractivity contribution in [1.29, 1.82) is 0 Å². The van der Waals surface area contributed by atoms with Crippen molar-refractivity contribution in [1.82, 2.24) is 0 Å². The van der Waals surface area contributed by atoms with Crippen molar-refractivity contribution in [3.63, 3.8) is 0 Å². The number of ether oxygens (including phenoxy) is 1. The largest absolute Gasteiger partial charge is 0.496 e. The standard InChI is InChI=1S/C17H19Cl2NO/c1-11-3-6-17(21-2)15(7-11)13(10-20)8-12-4-5-14(18)9-16(12)19/h3-7,9,13H,8,10,20H2,1-2H3. The second-order valence-corrected chi connectivity index (χ2v) is 5.96. The highest BCUT2D eigenvalue weighted by atomic mass is 35.5. The van der Waals surface area contributed by atoms with Crippen LogP contribution in [-0.2, 0) is 6.42 Å². The van der Waals surface area contributed by atoms with Crippen molar-refractivity contribution in [3.8, 4) is 5.75 Å². The van der Waals surface area contributed by atoms with Crippen molar-refractivity contribution < 1.29 is 4.74 Å². The molecule has 0 aliphatic heterocycles. The van der Waals surface area contributed by atoms with E-state index >= 15 is 0 Å². The van der Waals surface area contributed by atoms with E-state index in [0.717, 1.165) is 23.3 Å². The van der Waals surface area contributed by atoms with E-state index in [9.17, 15) is 0 Å². The van der Waals surface area contributed by atoms with E-state index in [1.54, 1.807) is 13.2 Å². The molecule has 1 unspecified atom stereocenters. The fourth-order valence-corrected chi connectivity index (χ4v) is 2.93. The van der Waals surface area contributed by atoms with Crippen LogP contribution in [0.3, 0.4) is 0 Å². The Bertz CT molecular complexity index is 628. The third kappa shape index (κ3) is 3.91. The Morgan fingerprint density at radius 3 is 2.52 bits per heavy atom. The quantitative estimate of drug-likeness (QED) is 0.873. The molecule has 0 spiro atoms. The van der Waals surface area contributed by atoms with Crippen LogP contribution < -0.4 is 10.5 Å². The van der Waals surface area contributed by atoms with Gasteiger partial charge in [-0.25, -0.2) is 0 Å². The number of halogens is 2. The Labute approximate surface area is 135 Å². The Morgan fingerprint density at radius 2 is 1.90 bits per heavy atom. The molecule has 0 saturated heterocycles. The van der Waals surface area contributed by atoms with Gasteiger partial charge >= 0.3 is 0 Å². The minimum atomic E-state index is 0.151. The van der Waals surface area contributed by atoms with Gasteiger partial charge in [-0.05, 0) is 49.2 Å². The lowest BCUT2D eigenvalue weighted by atomic mass is 9.90. The molecule has 0 amide bonds. The maximum Gasteiger partial charge on any atom is 0.122 e. The number of rotatable bonds is 5. The maximum atomic E-state index is 6.27. The van der Waals surface area contributed by atoms with Crippen LogP contribution in [-0.4, -0.2) is 13.7 Å². The summed E-state index contributed by atoms with van der Waals surface area (Å²) >= 11 is 12.2. The van der Waals surface area contributed by atoms with Crippen molar-refractivity contribution in [2.45, 2.75) is 19.3 Å². The Balaban J connectivity index is 2.34. The van der Waals surface area contributed by atoms with Crippen LogP contribution in [0.25, 0.3) is 0 Å². The lowest BCUT2D eigenvalue weighted by Crippen LogP contribution is -2.16. The number of hydrogen-bond donors (Lipinski definition) is 1. The molecular formula is C17H19Cl2NO. The summed E-state index contributed by atoms with van der Waals surface area (Å²) in [7, 11) is 1.68. The van der Waals surface area contributed by atoms with Gasteiger partial charge < -0.3 is 10.5 Å². The third-order valence-corrected chi connectivity index (χ3v) is 4.18. The molecule has 2 N–H and O–H groups in total. The number of benzene rings is 2. The van der Waals surface area contributed by atoms with E-state index in [0.29, 0.717) is 16.6 Å². The van der Waals surface area contributed by atoms with Gasteiger partial charge in [-0.15, -0.1) is 0 Å². The van der Waals surface area contributed by atoms with Crippen LogP contribution in [0.1, 0.15) is 22.6 Å². The molecule has 0 heterocycles. The van der Waals surface area contributed by atoms with Crippen molar-refractivity contribution in [2.24, 2.45) is 5.73 Å². The summed E-state index contributed by atoms with van der Waals surface area (Å²) in [6.45, 7) is 2.59. The number of aryl methyl sites for hydroxylation is 1. The second-order valence-electron chi connectivity index (χ2n) is 5.12. The molecule has 2 rings (SSSR count). The van der Waals surface area contributed by atoms with Crippen LogP contribution in [0.5, 0.6) is 5.75 Å². The number of methoxy groups -OCH3 is 1. The molecule has 2 aromatic rings. The van der Waals surface area contributed by atoms with E-state index < -0.39 is 0 Å². The molecular weight excluding hydrogens is 305 g/mol. The normalized spacial score (nSPS) is 12.2. The first-order valence-electron chi connectivity index (χ1n) is 6.83. The van der Waals surface area contributed by atoms with Crippen molar-refractivity contribution in [3.05, 3.63) is 63.1 Å². The smallest absolute Gasteiger partial charge is 0.122 e. The second kappa shape index (κ2) is 7.17. The zero-order valence-electron chi connectivity index (χ0n) is 12.2. The zero-order valence-corrected chi connectivity index (χ0v) is 13.7. The molecule has 0 aliphatic carbocycles. The predicted octanol–water partition coefficient (Wildman–Crippen LogP) is 4.60. The van der Waals surface area contributed by atoms with E-state index in [-0.39, 0.29) is 5.92 Å². The highest BCUT2D eigenvalue weighted by Crippen LogP contribution is 2.32. The fourth-order valence-electron chi connectivity index (χ4n) is 2.45. The Kier molecular flexibility index (Phi) is 5.51. The SMILES string of the molecule is COc1ccc(C)cc1C(CN)Cc1ccc(Cl)cc1Cl. The van der Waals surface area contributed by atoms with Gasteiger partial charge in [-0.1, -0.05) is 47.0 Å². The van der Waals surface area contributed by atoms with E-state index in [4.69, 9.17) is 33.7 Å². The van der Waals surface area contributed by atoms with Crippen LogP contribution in [0.2, 0.25) is 10.0 Å². The molecule has 0 saturated carbocycles. The number of nitrogens with two attached hydrogens (primary N) is 1. The Morgan fingerprint density at radius 1 is 1.14 bits per heavy atom. The van der Waals surface area contributed by atoms with Gasteiger partial charge in [0, 0.05) is 16.0 Å². The summed E-state index contributed by atoms with van der Waals surface area (Å²) in [6.07, 6.45) is 0.756. The van der Waals surface area contributed by atoms with Crippen LogP contribution in [0.4, 0.5) is 0 Å². The van der Waals surface area contributed by atoms with Crippen molar-refractivity contribution >= 4 is 23.2 Å². The molecule has 2 nitrogen and oxygen atoms in total. The third-order valence-electron chi connectivity index (χ3n) is 3.59. The monoisotopic (exact) mass is 323 g/mol. The Hall–Kier alpha value is -1.22. The summed E-state index contributed by atoms with van der Waals surface area (Å²) in [5, 5.41) is 1.31. The van der Waals surface area contributed by atoms with Crippen LogP contribution in [0, 0.1) is 6.92 Å². The van der Waals surface area contributed by atoms with Gasteiger partial charge in [-0.3, -0.25) is 0 Å². The van der Waals surface area contributed by atoms with Crippen LogP contribution in [0.15, 0.2) is 36.4 Å². The molecule has 4 heteroatoms.